The van der Waals surface area contributed by atoms with Crippen LogP contribution in [0.25, 0.3) is 0 Å². The summed E-state index contributed by atoms with van der Waals surface area (Å²) in [7, 11) is 0. The zero-order chi connectivity index (χ0) is 18.7. The van der Waals surface area contributed by atoms with Gasteiger partial charge in [-0.1, -0.05) is 44.2 Å². The van der Waals surface area contributed by atoms with E-state index in [2.05, 4.69) is 88.2 Å². The van der Waals surface area contributed by atoms with E-state index < -0.39 is 0 Å². The van der Waals surface area contributed by atoms with Crippen LogP contribution in [-0.2, 0) is 0 Å². The van der Waals surface area contributed by atoms with Gasteiger partial charge in [-0.3, -0.25) is 0 Å². The summed E-state index contributed by atoms with van der Waals surface area (Å²) in [6, 6.07) is 8.24. The molecule has 1 fully saturated rings. The van der Waals surface area contributed by atoms with Crippen molar-refractivity contribution in [2.24, 2.45) is 5.92 Å². The lowest BCUT2D eigenvalue weighted by Crippen LogP contribution is -2.05. The van der Waals surface area contributed by atoms with Gasteiger partial charge in [0.25, 0.3) is 0 Å². The Balaban J connectivity index is 1.77. The molecule has 0 atom stereocenters. The summed E-state index contributed by atoms with van der Waals surface area (Å²) in [6.45, 7) is 10.6. The number of benzene rings is 1. The summed E-state index contributed by atoms with van der Waals surface area (Å²) in [5.74, 6) is 2.41. The van der Waals surface area contributed by atoms with E-state index in [1.807, 2.05) is 6.07 Å². The Hall–Kier alpha value is -2.14. The van der Waals surface area contributed by atoms with Crippen LogP contribution in [0.2, 0.25) is 0 Å². The van der Waals surface area contributed by atoms with Crippen LogP contribution in [0, 0.1) is 5.92 Å². The minimum Gasteiger partial charge on any atom is -0.340 e. The Labute approximate surface area is 164 Å². The van der Waals surface area contributed by atoms with E-state index in [1.54, 1.807) is 6.20 Å². The molecule has 1 aromatic heterocycles. The van der Waals surface area contributed by atoms with Crippen molar-refractivity contribution >= 4 is 33.4 Å². The Morgan fingerprint density at radius 1 is 1.31 bits per heavy atom. The van der Waals surface area contributed by atoms with Crippen molar-refractivity contribution in [3.63, 3.8) is 0 Å². The highest BCUT2D eigenvalue weighted by atomic mass is 79.9. The molecule has 0 radical (unpaired) electrons. The van der Waals surface area contributed by atoms with Crippen molar-refractivity contribution in [3.05, 3.63) is 64.4 Å². The van der Waals surface area contributed by atoms with Crippen molar-refractivity contribution in [2.75, 3.05) is 10.6 Å². The summed E-state index contributed by atoms with van der Waals surface area (Å²) in [6.07, 6.45) is 6.43. The maximum Gasteiger partial charge on any atom is 0.229 e. The molecule has 0 amide bonds. The van der Waals surface area contributed by atoms with Crippen molar-refractivity contribution < 1.29 is 0 Å². The molecule has 2 N–H and O–H groups in total. The van der Waals surface area contributed by atoms with Gasteiger partial charge in [0.15, 0.2) is 0 Å². The smallest absolute Gasteiger partial charge is 0.229 e. The average molecular weight is 413 g/mol. The van der Waals surface area contributed by atoms with Gasteiger partial charge in [-0.15, -0.1) is 0 Å². The average Bonchev–Trinajstić information content (AvgIpc) is 3.43. The fourth-order valence-corrected chi connectivity index (χ4v) is 3.16. The topological polar surface area (TPSA) is 49.8 Å². The lowest BCUT2D eigenvalue weighted by molar-refractivity contribution is 0.868. The van der Waals surface area contributed by atoms with Crippen molar-refractivity contribution in [1.82, 2.24) is 9.97 Å². The summed E-state index contributed by atoms with van der Waals surface area (Å²) >= 11 is 3.51. The number of nitrogens with one attached hydrogen (secondary N) is 2. The van der Waals surface area contributed by atoms with Crippen molar-refractivity contribution in [3.8, 4) is 0 Å². The van der Waals surface area contributed by atoms with Gasteiger partial charge in [0.2, 0.25) is 5.95 Å². The van der Waals surface area contributed by atoms with E-state index >= 15 is 0 Å². The van der Waals surface area contributed by atoms with Crippen LogP contribution in [0.4, 0.5) is 17.5 Å². The Bertz CT molecular complexity index is 838. The van der Waals surface area contributed by atoms with E-state index in [0.29, 0.717) is 17.7 Å². The van der Waals surface area contributed by atoms with Crippen molar-refractivity contribution in [1.29, 1.82) is 0 Å². The van der Waals surface area contributed by atoms with Crippen LogP contribution in [0.3, 0.4) is 0 Å². The Morgan fingerprint density at radius 3 is 2.73 bits per heavy atom. The molecule has 1 aliphatic rings. The van der Waals surface area contributed by atoms with Gasteiger partial charge in [0.05, 0.1) is 4.47 Å². The van der Waals surface area contributed by atoms with Gasteiger partial charge >= 0.3 is 0 Å². The molecular formula is C21H25BrN4. The number of nitrogens with zero attached hydrogens (tertiary/aromatic N) is 2. The summed E-state index contributed by atoms with van der Waals surface area (Å²) in [4.78, 5) is 8.99. The number of para-hydroxylation sites is 1. The second kappa shape index (κ2) is 8.04. The minimum atomic E-state index is 0.419. The number of aromatic nitrogens is 2. The Morgan fingerprint density at radius 2 is 2.04 bits per heavy atom. The first-order valence-corrected chi connectivity index (χ1v) is 9.76. The predicted molar refractivity (Wildman–Crippen MR) is 113 cm³/mol. The Kier molecular flexibility index (Phi) is 5.77. The third-order valence-corrected chi connectivity index (χ3v) is 5.06. The fraction of sp³-hybridized carbons (Fsp3) is 0.333. The molecule has 0 unspecified atom stereocenters. The highest BCUT2D eigenvalue weighted by Crippen LogP contribution is 2.36. The molecule has 1 aliphatic carbocycles. The van der Waals surface area contributed by atoms with E-state index in [1.165, 1.54) is 24.0 Å². The SMILES string of the molecule is C=C(/C=C(\C)C1CC1)Nc1nc(Nc2ccccc2C(C)C)ncc1Br. The monoisotopic (exact) mass is 412 g/mol. The molecule has 26 heavy (non-hydrogen) atoms. The van der Waals surface area contributed by atoms with Crippen LogP contribution in [0.5, 0.6) is 0 Å². The molecule has 0 saturated heterocycles. The van der Waals surface area contributed by atoms with Gasteiger partial charge in [-0.25, -0.2) is 4.98 Å². The first kappa shape index (κ1) is 18.6. The van der Waals surface area contributed by atoms with Gasteiger partial charge < -0.3 is 10.6 Å². The molecule has 0 aliphatic heterocycles. The maximum absolute atomic E-state index is 4.61. The molecule has 5 heteroatoms. The maximum atomic E-state index is 4.61. The van der Waals surface area contributed by atoms with Crippen LogP contribution in [0.15, 0.2) is 58.9 Å². The second-order valence-corrected chi connectivity index (χ2v) is 7.92. The number of anilines is 3. The third kappa shape index (κ3) is 4.73. The van der Waals surface area contributed by atoms with Gasteiger partial charge in [0, 0.05) is 17.6 Å². The van der Waals surface area contributed by atoms with Crippen LogP contribution < -0.4 is 10.6 Å². The second-order valence-electron chi connectivity index (χ2n) is 7.07. The van der Waals surface area contributed by atoms with Gasteiger partial charge in [0.1, 0.15) is 5.82 Å². The number of allylic oxidation sites excluding steroid dienone is 2. The highest BCUT2D eigenvalue weighted by molar-refractivity contribution is 9.10. The number of rotatable bonds is 7. The van der Waals surface area contributed by atoms with Crippen molar-refractivity contribution in [2.45, 2.75) is 39.5 Å². The minimum absolute atomic E-state index is 0.419. The molecule has 1 heterocycles. The van der Waals surface area contributed by atoms with Gasteiger partial charge in [-0.05, 0) is 65.2 Å². The third-order valence-electron chi connectivity index (χ3n) is 4.48. The number of hydrogen-bond acceptors (Lipinski definition) is 4. The molecule has 0 bridgehead atoms. The quantitative estimate of drug-likeness (QED) is 0.517. The summed E-state index contributed by atoms with van der Waals surface area (Å²) in [5, 5.41) is 6.61. The fourth-order valence-electron chi connectivity index (χ4n) is 2.87. The largest absolute Gasteiger partial charge is 0.340 e. The van der Waals surface area contributed by atoms with E-state index in [0.717, 1.165) is 21.8 Å². The zero-order valence-electron chi connectivity index (χ0n) is 15.5. The predicted octanol–water partition coefficient (Wildman–Crippen LogP) is 6.39. The standard InChI is InChI=1S/C21H25BrN4/c1-13(2)17-7-5-6-8-19(17)25-21-23-12-18(22)20(26-21)24-15(4)11-14(3)16-9-10-16/h5-8,11-13,16H,4,9-10H2,1-3H3,(H2,23,24,25,26)/b14-11+. The number of halogens is 1. The zero-order valence-corrected chi connectivity index (χ0v) is 17.1. The normalized spacial score (nSPS) is 14.4. The summed E-state index contributed by atoms with van der Waals surface area (Å²) < 4.78 is 0.804. The molecule has 1 aromatic carbocycles. The van der Waals surface area contributed by atoms with E-state index in [-0.39, 0.29) is 0 Å². The number of hydrogen-bond donors (Lipinski definition) is 2. The molecule has 2 aromatic rings. The molecular weight excluding hydrogens is 388 g/mol. The molecule has 0 spiro atoms. The van der Waals surface area contributed by atoms with Crippen LogP contribution >= 0.6 is 15.9 Å². The first-order chi connectivity index (χ1) is 12.4. The lowest BCUT2D eigenvalue weighted by atomic mass is 10.0. The molecule has 136 valence electrons. The van der Waals surface area contributed by atoms with Gasteiger partial charge in [-0.2, -0.15) is 4.98 Å². The van der Waals surface area contributed by atoms with E-state index in [9.17, 15) is 0 Å². The lowest BCUT2D eigenvalue weighted by Gasteiger charge is -2.15. The summed E-state index contributed by atoms with van der Waals surface area (Å²) in [5.41, 5.74) is 4.47. The molecule has 4 nitrogen and oxygen atoms in total. The molecule has 1 saturated carbocycles. The molecule has 3 rings (SSSR count). The van der Waals surface area contributed by atoms with Crippen LogP contribution in [0.1, 0.15) is 45.1 Å². The van der Waals surface area contributed by atoms with E-state index in [4.69, 9.17) is 0 Å². The highest BCUT2D eigenvalue weighted by Gasteiger charge is 2.22. The van der Waals surface area contributed by atoms with Crippen LogP contribution in [-0.4, -0.2) is 9.97 Å². The first-order valence-electron chi connectivity index (χ1n) is 8.96.